The van der Waals surface area contributed by atoms with Crippen LogP contribution in [0.4, 0.5) is 60.5 Å². The maximum Gasteiger partial charge on any atom is 0.306 e. The summed E-state index contributed by atoms with van der Waals surface area (Å²) >= 11 is 12.6. The molecule has 0 amide bonds. The Balaban J connectivity index is 0.000000249. The minimum atomic E-state index is -2.78. The first kappa shape index (κ1) is 58.8. The van der Waals surface area contributed by atoms with Crippen molar-refractivity contribution in [1.29, 1.82) is 0 Å². The number of nitrogens with zero attached hydrogens (tertiary/aromatic N) is 10. The van der Waals surface area contributed by atoms with E-state index in [9.17, 15) is 38.1 Å². The van der Waals surface area contributed by atoms with E-state index in [0.717, 1.165) is 37.1 Å². The SMILES string of the molecule is C.CCCCO.CP(C)(=O)c1c(Nc2nc(Cl)ncc2Br)ccc2nccnc12.CP(C)(=O)c1c(Nc2nc(Nc3ccc(F)c([N+](=O)[O-])c3)ncc2Br)ccc2nccnc12.Nc1ccc(F)c([N+](=O)[O-])c1. The number of benzene rings is 4. The zero-order chi connectivity index (χ0) is 52.9. The minimum Gasteiger partial charge on any atom is -0.399 e. The molecule has 0 aliphatic carbocycles. The van der Waals surface area contributed by atoms with Crippen LogP contribution >= 0.6 is 57.7 Å². The van der Waals surface area contributed by atoms with Gasteiger partial charge in [-0.25, -0.2) is 9.97 Å². The van der Waals surface area contributed by atoms with Gasteiger partial charge in [-0.2, -0.15) is 18.7 Å². The summed E-state index contributed by atoms with van der Waals surface area (Å²) in [5, 5.41) is 39.6. The zero-order valence-corrected chi connectivity index (χ0v) is 44.3. The molecular weight excluding hydrogens is 1140 g/mol. The number of rotatable bonds is 12. The first-order chi connectivity index (χ1) is 34.0. The fourth-order valence-corrected chi connectivity index (χ4v) is 9.73. The van der Waals surface area contributed by atoms with Crippen molar-refractivity contribution in [2.75, 3.05) is 55.0 Å². The number of aromatic nitrogens is 8. The third kappa shape index (κ3) is 16.1. The second-order valence-corrected chi connectivity index (χ2v) is 23.9. The highest BCUT2D eigenvalue weighted by atomic mass is 79.9. The van der Waals surface area contributed by atoms with Crippen molar-refractivity contribution in [2.24, 2.45) is 0 Å². The maximum atomic E-state index is 13.6. The van der Waals surface area contributed by atoms with Crippen molar-refractivity contribution < 1.29 is 32.9 Å². The molecule has 0 saturated heterocycles. The Labute approximate surface area is 438 Å². The largest absolute Gasteiger partial charge is 0.399 e. The van der Waals surface area contributed by atoms with Crippen molar-refractivity contribution in [3.63, 3.8) is 0 Å². The van der Waals surface area contributed by atoms with Crippen LogP contribution < -0.4 is 32.3 Å². The molecule has 21 nitrogen and oxygen atoms in total. The number of nitrogens with two attached hydrogens (primary N) is 1. The number of nitrogen functional groups attached to an aromatic ring is 1. The number of anilines is 7. The van der Waals surface area contributed by atoms with Gasteiger partial charge in [0.05, 0.1) is 51.8 Å². The Bertz CT molecular complexity index is 3380. The predicted molar refractivity (Wildman–Crippen MR) is 291 cm³/mol. The number of aliphatic hydroxyl groups excluding tert-OH is 1. The van der Waals surface area contributed by atoms with Gasteiger partial charge in [-0.3, -0.25) is 40.2 Å². The first-order valence-corrected chi connectivity index (χ1v) is 28.0. The Morgan fingerprint density at radius 1 is 0.685 bits per heavy atom. The van der Waals surface area contributed by atoms with Gasteiger partial charge < -0.3 is 35.9 Å². The fraction of sp³-hybridized carbons (Fsp3) is 0.200. The fourth-order valence-electron chi connectivity index (χ4n) is 6.23. The van der Waals surface area contributed by atoms with Crippen LogP contribution in [0.5, 0.6) is 0 Å². The van der Waals surface area contributed by atoms with Crippen molar-refractivity contribution in [1.82, 2.24) is 39.9 Å². The van der Waals surface area contributed by atoms with Gasteiger partial charge in [0.2, 0.25) is 22.9 Å². The third-order valence-corrected chi connectivity index (χ3v) is 13.7. The number of hydrogen-bond acceptors (Lipinski definition) is 19. The number of hydrogen-bond donors (Lipinski definition) is 5. The highest BCUT2D eigenvalue weighted by Crippen LogP contribution is 2.42. The van der Waals surface area contributed by atoms with Gasteiger partial charge in [0.25, 0.3) is 0 Å². The molecule has 8 rings (SSSR count). The van der Waals surface area contributed by atoms with Crippen LogP contribution in [0.15, 0.2) is 107 Å². The van der Waals surface area contributed by atoms with Crippen LogP contribution in [0.2, 0.25) is 5.28 Å². The minimum absolute atomic E-state index is 0. The number of nitro benzene ring substituents is 2. The molecule has 4 aromatic heterocycles. The molecule has 4 aromatic carbocycles. The number of fused-ring (bicyclic) bond motifs is 2. The molecule has 0 fully saturated rings. The molecule has 0 aliphatic heterocycles. The van der Waals surface area contributed by atoms with E-state index in [-0.39, 0.29) is 30.0 Å². The van der Waals surface area contributed by atoms with E-state index in [1.54, 1.807) is 63.6 Å². The van der Waals surface area contributed by atoms with Crippen molar-refractivity contribution in [3.05, 3.63) is 144 Å². The number of nitrogens with one attached hydrogen (secondary N) is 3. The molecule has 0 radical (unpaired) electrons. The van der Waals surface area contributed by atoms with Gasteiger partial charge in [0.1, 0.15) is 37.0 Å². The van der Waals surface area contributed by atoms with E-state index in [1.807, 2.05) is 12.1 Å². The molecule has 6 N–H and O–H groups in total. The summed E-state index contributed by atoms with van der Waals surface area (Å²) in [6, 6.07) is 13.7. The number of nitro groups is 2. The second-order valence-electron chi connectivity index (χ2n) is 15.5. The van der Waals surface area contributed by atoms with Gasteiger partial charge in [0.15, 0.2) is 0 Å². The molecule has 384 valence electrons. The standard InChI is InChI=1S/C20H16BrFN7O3P.C14H12BrClN5OP.C6H5FN2O2.C4H10O.CH4/c1-33(2,32)18-15(6-5-14-17(18)24-8-7-23-14)27-19-12(21)10-25-20(28-19)26-11-3-4-13(22)16(9-11)29(30)31;1-23(2,22)12-10(4-3-9-11(12)18-6-5-17-9)20-13-8(15)7-19-14(16)21-13;7-5-2-1-4(8)3-6(5)9(10)11;1-2-3-4-5;/h3-10H,1-2H3,(H2,25,26,27,28);3-7H,1-2H3,(H,19,20,21);1-3H,8H2;5H,2-4H2,1H3;1H4. The lowest BCUT2D eigenvalue weighted by molar-refractivity contribution is -0.387. The molecular formula is C45H47Br2ClF2N14O7P2. The monoisotopic (exact) mass is 1190 g/mol. The summed E-state index contributed by atoms with van der Waals surface area (Å²) in [7, 11) is -5.40. The lowest BCUT2D eigenvalue weighted by Crippen LogP contribution is -2.14. The summed E-state index contributed by atoms with van der Waals surface area (Å²) in [6.45, 7) is 9.08. The normalized spacial score (nSPS) is 10.8. The van der Waals surface area contributed by atoms with Crippen LogP contribution in [-0.4, -0.2) is 88.1 Å². The van der Waals surface area contributed by atoms with Crippen LogP contribution in [-0.2, 0) is 9.13 Å². The average molecular weight is 1190 g/mol. The second kappa shape index (κ2) is 26.3. The van der Waals surface area contributed by atoms with Crippen LogP contribution in [0.25, 0.3) is 22.1 Å². The van der Waals surface area contributed by atoms with Crippen molar-refractivity contribution in [3.8, 4) is 0 Å². The molecule has 28 heteroatoms. The van der Waals surface area contributed by atoms with Gasteiger partial charge in [-0.15, -0.1) is 0 Å². The zero-order valence-electron chi connectivity index (χ0n) is 38.6. The number of unbranched alkanes of at least 4 members (excludes halogenated alkanes) is 1. The highest BCUT2D eigenvalue weighted by Gasteiger charge is 2.24. The summed E-state index contributed by atoms with van der Waals surface area (Å²) < 4.78 is 53.2. The van der Waals surface area contributed by atoms with Crippen molar-refractivity contribution in [2.45, 2.75) is 27.2 Å². The number of aliphatic hydroxyl groups is 1. The first-order valence-electron chi connectivity index (χ1n) is 20.9. The van der Waals surface area contributed by atoms with E-state index < -0.39 is 47.1 Å². The topological polar surface area (TPSA) is 306 Å². The van der Waals surface area contributed by atoms with Crippen LogP contribution in [0.3, 0.4) is 0 Å². The molecule has 0 bridgehead atoms. The molecule has 8 aromatic rings. The Kier molecular flexibility index (Phi) is 21.2. The van der Waals surface area contributed by atoms with Crippen LogP contribution in [0, 0.1) is 31.9 Å². The molecule has 4 heterocycles. The van der Waals surface area contributed by atoms with E-state index >= 15 is 0 Å². The van der Waals surface area contributed by atoms with Gasteiger partial charge in [-0.05, 0) is 125 Å². The molecule has 0 atom stereocenters. The molecule has 0 aliphatic rings. The summed E-state index contributed by atoms with van der Waals surface area (Å²) in [6.07, 6.45) is 11.4. The molecule has 73 heavy (non-hydrogen) atoms. The van der Waals surface area contributed by atoms with E-state index in [4.69, 9.17) is 22.4 Å². The predicted octanol–water partition coefficient (Wildman–Crippen LogP) is 11.5. The highest BCUT2D eigenvalue weighted by molar-refractivity contribution is 9.11. The lowest BCUT2D eigenvalue weighted by Gasteiger charge is -2.17. The Hall–Kier alpha value is -6.75. The molecule has 0 spiro atoms. The summed E-state index contributed by atoms with van der Waals surface area (Å²) in [5.41, 5.74) is 7.99. The molecule has 0 saturated carbocycles. The van der Waals surface area contributed by atoms with Gasteiger partial charge >= 0.3 is 11.4 Å². The van der Waals surface area contributed by atoms with E-state index in [0.29, 0.717) is 71.2 Å². The average Bonchev–Trinajstić information content (AvgIpc) is 3.32. The van der Waals surface area contributed by atoms with Gasteiger partial charge in [-0.1, -0.05) is 20.8 Å². The smallest absolute Gasteiger partial charge is 0.306 e. The van der Waals surface area contributed by atoms with Gasteiger partial charge in [0, 0.05) is 67.3 Å². The maximum absolute atomic E-state index is 13.6. The molecule has 0 unspecified atom stereocenters. The summed E-state index contributed by atoms with van der Waals surface area (Å²) in [4.78, 5) is 53.3. The Morgan fingerprint density at radius 3 is 1.60 bits per heavy atom. The van der Waals surface area contributed by atoms with E-state index in [2.05, 4.69) is 94.6 Å². The van der Waals surface area contributed by atoms with E-state index in [1.165, 1.54) is 24.5 Å². The van der Waals surface area contributed by atoms with Crippen molar-refractivity contribution >= 4 is 142 Å². The quantitative estimate of drug-likeness (QED) is 0.0249. The number of halogens is 5. The Morgan fingerprint density at radius 2 is 1.15 bits per heavy atom. The van der Waals surface area contributed by atoms with Crippen LogP contribution in [0.1, 0.15) is 27.2 Å². The summed E-state index contributed by atoms with van der Waals surface area (Å²) in [5.74, 6) is -0.866. The lowest BCUT2D eigenvalue weighted by atomic mass is 10.2. The third-order valence-electron chi connectivity index (χ3n) is 9.35.